The van der Waals surface area contributed by atoms with E-state index >= 15 is 0 Å². The lowest BCUT2D eigenvalue weighted by Crippen LogP contribution is -2.59. The number of ether oxygens (including phenoxy) is 9. The van der Waals surface area contributed by atoms with E-state index in [0.717, 1.165) is 0 Å². The first kappa shape index (κ1) is 60.0. The van der Waals surface area contributed by atoms with Crippen molar-refractivity contribution in [1.29, 1.82) is 0 Å². The number of carbonyl (C=O) groups is 3. The van der Waals surface area contributed by atoms with E-state index in [1.54, 1.807) is 20.8 Å². The molecule has 3 amide bonds. The molecule has 3 saturated heterocycles. The van der Waals surface area contributed by atoms with Gasteiger partial charge < -0.3 is 110 Å². The van der Waals surface area contributed by atoms with E-state index in [1.165, 1.54) is 0 Å². The molecule has 0 aromatic carbocycles. The average Bonchev–Trinajstić information content (AvgIpc) is 3.30. The Bertz CT molecular complexity index is 1280. The van der Waals surface area contributed by atoms with Crippen molar-refractivity contribution < 1.29 is 103 Å². The molecule has 398 valence electrons. The van der Waals surface area contributed by atoms with E-state index in [4.69, 9.17) is 42.6 Å². The normalized spacial score (nSPS) is 33.0. The molecule has 13 N–H and O–H groups in total. The van der Waals surface area contributed by atoms with Crippen molar-refractivity contribution >= 4 is 17.7 Å². The molecular formula is C43H80N4O21. The summed E-state index contributed by atoms with van der Waals surface area (Å²) in [5, 5.41) is 101. The summed E-state index contributed by atoms with van der Waals surface area (Å²) in [5.41, 5.74) is -1.16. The predicted molar refractivity (Wildman–Crippen MR) is 235 cm³/mol. The molecule has 0 aromatic heterocycles. The summed E-state index contributed by atoms with van der Waals surface area (Å²) in [6.45, 7) is 6.68. The highest BCUT2D eigenvalue weighted by molar-refractivity contribution is 5.77. The molecular weight excluding hydrogens is 908 g/mol. The lowest BCUT2D eigenvalue weighted by Gasteiger charge is -2.40. The van der Waals surface area contributed by atoms with Crippen LogP contribution in [-0.4, -0.2) is 248 Å². The number of rotatable bonds is 32. The number of amides is 3. The van der Waals surface area contributed by atoms with Crippen molar-refractivity contribution in [1.82, 2.24) is 21.3 Å². The Labute approximate surface area is 397 Å². The molecule has 15 atom stereocenters. The summed E-state index contributed by atoms with van der Waals surface area (Å²) in [6, 6.07) is -0.184. The van der Waals surface area contributed by atoms with Crippen molar-refractivity contribution in [2.45, 2.75) is 139 Å². The lowest BCUT2D eigenvalue weighted by atomic mass is 9.92. The van der Waals surface area contributed by atoms with Gasteiger partial charge in [-0.1, -0.05) is 34.6 Å². The maximum atomic E-state index is 12.8. The zero-order valence-electron chi connectivity index (χ0n) is 39.9. The van der Waals surface area contributed by atoms with Gasteiger partial charge in [-0.05, 0) is 19.3 Å². The van der Waals surface area contributed by atoms with Crippen LogP contribution in [0.5, 0.6) is 0 Å². The topological polar surface area (TPSA) is 364 Å². The van der Waals surface area contributed by atoms with Gasteiger partial charge in [0.2, 0.25) is 17.7 Å². The summed E-state index contributed by atoms with van der Waals surface area (Å²) < 4.78 is 51.3. The third-order valence-electron chi connectivity index (χ3n) is 11.8. The van der Waals surface area contributed by atoms with Gasteiger partial charge in [0.05, 0.1) is 83.3 Å². The molecule has 0 aliphatic carbocycles. The van der Waals surface area contributed by atoms with Gasteiger partial charge in [-0.3, -0.25) is 14.4 Å². The smallest absolute Gasteiger partial charge is 0.246 e. The minimum atomic E-state index is -1.25. The molecule has 3 heterocycles. The Hall–Kier alpha value is -2.35. The minimum absolute atomic E-state index is 0.143. The van der Waals surface area contributed by atoms with Gasteiger partial charge in [0.1, 0.15) is 56.4 Å². The SMILES string of the molecule is CC(C)NC(COCC(=O)NCCCO[C@@H]1OC(CO)[C@H](O)[C@H](O)C1C)(COCC(=O)NCCCO[C@@H]1OC(CO)[C@H](O)[C@H](O)C1C)COCC(=O)NCCCO[C@@H]1OC(CO)[C@H](O)[C@H](O)C1C. The third-order valence-corrected chi connectivity index (χ3v) is 11.8. The number of hydrogen-bond acceptors (Lipinski definition) is 22. The fourth-order valence-electron chi connectivity index (χ4n) is 7.76. The van der Waals surface area contributed by atoms with Gasteiger partial charge in [-0.2, -0.15) is 0 Å². The van der Waals surface area contributed by atoms with Gasteiger partial charge in [0.25, 0.3) is 0 Å². The van der Waals surface area contributed by atoms with Gasteiger partial charge in [0, 0.05) is 43.4 Å². The van der Waals surface area contributed by atoms with E-state index in [9.17, 15) is 60.3 Å². The van der Waals surface area contributed by atoms with E-state index in [-0.39, 0.29) is 85.1 Å². The summed E-state index contributed by atoms with van der Waals surface area (Å²) in [5.74, 6) is -3.03. The molecule has 6 unspecified atom stereocenters. The quantitative estimate of drug-likeness (QED) is 0.0280. The van der Waals surface area contributed by atoms with Crippen molar-refractivity contribution in [3.05, 3.63) is 0 Å². The number of aliphatic hydroxyl groups is 9. The Morgan fingerprint density at radius 3 is 1.03 bits per heavy atom. The Kier molecular flexibility index (Phi) is 27.5. The maximum Gasteiger partial charge on any atom is 0.246 e. The number of carbonyl (C=O) groups excluding carboxylic acids is 3. The van der Waals surface area contributed by atoms with Crippen LogP contribution < -0.4 is 21.3 Å². The van der Waals surface area contributed by atoms with Crippen LogP contribution in [-0.2, 0) is 57.0 Å². The molecule has 3 rings (SSSR count). The van der Waals surface area contributed by atoms with Gasteiger partial charge in [-0.25, -0.2) is 0 Å². The summed E-state index contributed by atoms with van der Waals surface area (Å²) in [4.78, 5) is 38.3. The highest BCUT2D eigenvalue weighted by atomic mass is 16.7. The average molecular weight is 989 g/mol. The summed E-state index contributed by atoms with van der Waals surface area (Å²) in [7, 11) is 0. The van der Waals surface area contributed by atoms with Crippen molar-refractivity contribution in [2.75, 3.05) is 98.9 Å². The van der Waals surface area contributed by atoms with Crippen LogP contribution in [0.4, 0.5) is 0 Å². The van der Waals surface area contributed by atoms with E-state index in [1.807, 2.05) is 13.8 Å². The molecule has 3 fully saturated rings. The van der Waals surface area contributed by atoms with E-state index < -0.39 is 135 Å². The molecule has 68 heavy (non-hydrogen) atoms. The molecule has 0 spiro atoms. The highest BCUT2D eigenvalue weighted by Gasteiger charge is 2.44. The van der Waals surface area contributed by atoms with Crippen LogP contribution in [0.1, 0.15) is 53.9 Å². The molecule has 0 aromatic rings. The molecule has 0 saturated carbocycles. The first-order chi connectivity index (χ1) is 32.4. The second kappa shape index (κ2) is 31.2. The Morgan fingerprint density at radius 2 is 0.779 bits per heavy atom. The second-order valence-corrected chi connectivity index (χ2v) is 18.0. The van der Waals surface area contributed by atoms with E-state index in [0.29, 0.717) is 19.3 Å². The van der Waals surface area contributed by atoms with E-state index in [2.05, 4.69) is 21.3 Å². The van der Waals surface area contributed by atoms with Crippen molar-refractivity contribution in [2.24, 2.45) is 17.8 Å². The molecule has 0 radical (unpaired) electrons. The largest absolute Gasteiger partial charge is 0.394 e. The van der Waals surface area contributed by atoms with Crippen LogP contribution in [0.25, 0.3) is 0 Å². The molecule has 0 bridgehead atoms. The van der Waals surface area contributed by atoms with Gasteiger partial charge >= 0.3 is 0 Å². The van der Waals surface area contributed by atoms with Crippen molar-refractivity contribution in [3.8, 4) is 0 Å². The lowest BCUT2D eigenvalue weighted by molar-refractivity contribution is -0.282. The van der Waals surface area contributed by atoms with Crippen LogP contribution in [0.3, 0.4) is 0 Å². The molecule has 25 heteroatoms. The first-order valence-electron chi connectivity index (χ1n) is 23.4. The number of hydrogen-bond donors (Lipinski definition) is 13. The van der Waals surface area contributed by atoms with Crippen molar-refractivity contribution in [3.63, 3.8) is 0 Å². The fraction of sp³-hybridized carbons (Fsp3) is 0.930. The Balaban J connectivity index is 1.48. The minimum Gasteiger partial charge on any atom is -0.394 e. The molecule has 3 aliphatic heterocycles. The predicted octanol–water partition coefficient (Wildman–Crippen LogP) is -5.43. The number of nitrogens with one attached hydrogen (secondary N) is 4. The monoisotopic (exact) mass is 989 g/mol. The Morgan fingerprint density at radius 1 is 0.500 bits per heavy atom. The van der Waals surface area contributed by atoms with Gasteiger partial charge in [0.15, 0.2) is 18.9 Å². The first-order valence-corrected chi connectivity index (χ1v) is 23.4. The molecule has 3 aliphatic rings. The highest BCUT2D eigenvalue weighted by Crippen LogP contribution is 2.29. The standard InChI is InChI=1S/C43H80N4O21/c1-24(2)47-43(21-60-18-31(51)44-9-6-12-63-40-25(3)34(54)37(57)28(15-48)66-40,22-61-19-32(52)45-10-7-13-64-41-26(4)35(55)38(58)29(16-49)67-41)23-62-20-33(53)46-11-8-14-65-42-27(5)36(56)39(59)30(17-50)68-42/h24-30,34-42,47-50,54-59H,6-23H2,1-5H3,(H,44,51)(H,45,52)(H,46,53)/t25?,26?,27?,28?,29?,30?,34-,35-,36-,37+,38+,39+,40-,41-,42-,43?/m1/s1. The zero-order chi connectivity index (χ0) is 50.4. The summed E-state index contributed by atoms with van der Waals surface area (Å²) >= 11 is 0. The second-order valence-electron chi connectivity index (χ2n) is 18.0. The van der Waals surface area contributed by atoms with Crippen LogP contribution in [0, 0.1) is 17.8 Å². The number of aliphatic hydroxyl groups excluding tert-OH is 9. The maximum absolute atomic E-state index is 12.8. The third kappa shape index (κ3) is 19.3. The van der Waals surface area contributed by atoms with Crippen LogP contribution in [0.15, 0.2) is 0 Å². The summed E-state index contributed by atoms with van der Waals surface area (Å²) in [6.07, 6.45) is -11.7. The van der Waals surface area contributed by atoms with Crippen LogP contribution >= 0.6 is 0 Å². The van der Waals surface area contributed by atoms with Gasteiger partial charge in [-0.15, -0.1) is 0 Å². The van der Waals surface area contributed by atoms with Crippen LogP contribution in [0.2, 0.25) is 0 Å². The molecule has 25 nitrogen and oxygen atoms in total. The fourth-order valence-corrected chi connectivity index (χ4v) is 7.76. The zero-order valence-corrected chi connectivity index (χ0v) is 39.9.